The zero-order chi connectivity index (χ0) is 17.3. The van der Waals surface area contributed by atoms with Gasteiger partial charge in [0.15, 0.2) is 11.6 Å². The molecule has 0 N–H and O–H groups in total. The van der Waals surface area contributed by atoms with Crippen LogP contribution < -0.4 is 9.80 Å². The van der Waals surface area contributed by atoms with Crippen molar-refractivity contribution in [3.63, 3.8) is 0 Å². The van der Waals surface area contributed by atoms with Crippen molar-refractivity contribution in [2.75, 3.05) is 60.6 Å². The van der Waals surface area contributed by atoms with Gasteiger partial charge < -0.3 is 9.80 Å². The third-order valence-electron chi connectivity index (χ3n) is 5.81. The summed E-state index contributed by atoms with van der Waals surface area (Å²) in [6.07, 6.45) is 4.82. The van der Waals surface area contributed by atoms with Crippen molar-refractivity contribution in [1.82, 2.24) is 25.2 Å². The highest BCUT2D eigenvalue weighted by Gasteiger charge is 2.30. The van der Waals surface area contributed by atoms with E-state index < -0.39 is 0 Å². The topological polar surface area (TPSA) is 74.4 Å². The first kappa shape index (κ1) is 16.6. The maximum Gasteiger partial charge on any atom is 0.245 e. The third-order valence-corrected chi connectivity index (χ3v) is 6.75. The number of fused-ring (bicyclic) bond motifs is 1. The molecule has 0 spiro atoms. The highest BCUT2D eigenvalue weighted by Crippen LogP contribution is 2.32. The molecule has 3 aliphatic rings. The van der Waals surface area contributed by atoms with E-state index in [-0.39, 0.29) is 0 Å². The molecule has 3 fully saturated rings. The summed E-state index contributed by atoms with van der Waals surface area (Å²) >= 11 is 2.08. The number of aromatic nitrogens is 4. The standard InChI is InChI=1S/C17H25N7OS/c1-2-6-23(5-1)16-17(19-15-14(18-16)20-25-21-15)24-7-3-13(4-8-24)22-9-11-26-12-10-22/h13H,1-12H2. The Bertz CT molecular complexity index is 749. The van der Waals surface area contributed by atoms with Crippen LogP contribution in [-0.2, 0) is 0 Å². The van der Waals surface area contributed by atoms with E-state index in [4.69, 9.17) is 14.6 Å². The molecule has 3 aliphatic heterocycles. The van der Waals surface area contributed by atoms with E-state index in [0.29, 0.717) is 17.3 Å². The second kappa shape index (κ2) is 7.19. The van der Waals surface area contributed by atoms with Crippen LogP contribution >= 0.6 is 11.8 Å². The van der Waals surface area contributed by atoms with Crippen LogP contribution in [0.4, 0.5) is 11.6 Å². The molecule has 0 aromatic carbocycles. The maximum absolute atomic E-state index is 4.85. The van der Waals surface area contributed by atoms with Crippen molar-refractivity contribution < 1.29 is 4.63 Å². The van der Waals surface area contributed by atoms with Crippen molar-refractivity contribution in [3.8, 4) is 0 Å². The molecule has 5 rings (SSSR count). The van der Waals surface area contributed by atoms with Gasteiger partial charge in [0.25, 0.3) is 0 Å². The van der Waals surface area contributed by atoms with Crippen molar-refractivity contribution in [2.24, 2.45) is 0 Å². The molecular weight excluding hydrogens is 350 g/mol. The minimum atomic E-state index is 0.511. The first-order valence-electron chi connectivity index (χ1n) is 9.70. The first-order valence-corrected chi connectivity index (χ1v) is 10.9. The lowest BCUT2D eigenvalue weighted by Gasteiger charge is -2.40. The molecule has 0 amide bonds. The highest BCUT2D eigenvalue weighted by molar-refractivity contribution is 7.99. The zero-order valence-corrected chi connectivity index (χ0v) is 15.8. The van der Waals surface area contributed by atoms with Gasteiger partial charge >= 0.3 is 0 Å². The summed E-state index contributed by atoms with van der Waals surface area (Å²) in [4.78, 5) is 16.9. The largest absolute Gasteiger partial charge is 0.353 e. The highest BCUT2D eigenvalue weighted by atomic mass is 32.2. The summed E-state index contributed by atoms with van der Waals surface area (Å²) in [7, 11) is 0. The molecule has 8 nitrogen and oxygen atoms in total. The molecule has 3 saturated heterocycles. The summed E-state index contributed by atoms with van der Waals surface area (Å²) < 4.78 is 4.85. The lowest BCUT2D eigenvalue weighted by Crippen LogP contribution is -2.48. The van der Waals surface area contributed by atoms with Gasteiger partial charge in [0, 0.05) is 56.8 Å². The van der Waals surface area contributed by atoms with E-state index >= 15 is 0 Å². The number of anilines is 2. The fourth-order valence-electron chi connectivity index (χ4n) is 4.36. The van der Waals surface area contributed by atoms with Crippen LogP contribution in [0, 0.1) is 0 Å². The van der Waals surface area contributed by atoms with Gasteiger partial charge in [-0.3, -0.25) is 4.90 Å². The molecule has 26 heavy (non-hydrogen) atoms. The molecule has 0 aliphatic carbocycles. The molecular formula is C17H25N7OS. The van der Waals surface area contributed by atoms with Gasteiger partial charge in [0.1, 0.15) is 0 Å². The number of hydrogen-bond donors (Lipinski definition) is 0. The van der Waals surface area contributed by atoms with E-state index in [9.17, 15) is 0 Å². The molecule has 0 radical (unpaired) electrons. The van der Waals surface area contributed by atoms with Gasteiger partial charge in [0.2, 0.25) is 11.3 Å². The SMILES string of the molecule is C1CCN(c2nc3nonc3nc2N2CCC(N3CCSCC3)CC2)C1. The minimum absolute atomic E-state index is 0.511. The van der Waals surface area contributed by atoms with Gasteiger partial charge in [-0.15, -0.1) is 0 Å². The fourth-order valence-corrected chi connectivity index (χ4v) is 5.29. The Labute approximate surface area is 157 Å². The van der Waals surface area contributed by atoms with Crippen molar-refractivity contribution in [2.45, 2.75) is 31.7 Å². The lowest BCUT2D eigenvalue weighted by molar-refractivity contribution is 0.185. The van der Waals surface area contributed by atoms with E-state index in [1.807, 2.05) is 0 Å². The Kier molecular flexibility index (Phi) is 4.58. The Hall–Kier alpha value is -1.61. The van der Waals surface area contributed by atoms with Crippen LogP contribution in [-0.4, -0.2) is 82.0 Å². The summed E-state index contributed by atoms with van der Waals surface area (Å²) in [5, 5.41) is 7.81. The van der Waals surface area contributed by atoms with Crippen LogP contribution in [0.15, 0.2) is 4.63 Å². The Morgan fingerprint density at radius 3 is 1.96 bits per heavy atom. The quantitative estimate of drug-likeness (QED) is 0.795. The lowest BCUT2D eigenvalue weighted by atomic mass is 10.0. The third kappa shape index (κ3) is 3.11. The van der Waals surface area contributed by atoms with Gasteiger partial charge in [-0.1, -0.05) is 0 Å². The van der Waals surface area contributed by atoms with Crippen LogP contribution in [0.25, 0.3) is 11.3 Å². The van der Waals surface area contributed by atoms with Crippen LogP contribution in [0.2, 0.25) is 0 Å². The normalized spacial score (nSPS) is 23.2. The monoisotopic (exact) mass is 375 g/mol. The number of hydrogen-bond acceptors (Lipinski definition) is 9. The molecule has 2 aromatic rings. The molecule has 5 heterocycles. The second-order valence-corrected chi connectivity index (χ2v) is 8.57. The van der Waals surface area contributed by atoms with Gasteiger partial charge in [-0.2, -0.15) is 11.8 Å². The predicted molar refractivity (Wildman–Crippen MR) is 103 cm³/mol. The number of piperidine rings is 1. The maximum atomic E-state index is 4.85. The molecule has 140 valence electrons. The van der Waals surface area contributed by atoms with E-state index in [2.05, 4.69) is 36.8 Å². The second-order valence-electron chi connectivity index (χ2n) is 7.34. The Balaban J connectivity index is 1.37. The predicted octanol–water partition coefficient (Wildman–Crippen LogP) is 1.63. The molecule has 2 aromatic heterocycles. The van der Waals surface area contributed by atoms with Gasteiger partial charge in [-0.05, 0) is 36.0 Å². The smallest absolute Gasteiger partial charge is 0.245 e. The summed E-state index contributed by atoms with van der Waals surface area (Å²) in [5.74, 6) is 4.47. The van der Waals surface area contributed by atoms with Crippen LogP contribution in [0.3, 0.4) is 0 Å². The number of nitrogens with zero attached hydrogens (tertiary/aromatic N) is 7. The molecule has 0 atom stereocenters. The van der Waals surface area contributed by atoms with Crippen LogP contribution in [0.5, 0.6) is 0 Å². The molecule has 0 saturated carbocycles. The van der Waals surface area contributed by atoms with E-state index in [1.54, 1.807) is 0 Å². The average Bonchev–Trinajstić information content (AvgIpc) is 3.39. The van der Waals surface area contributed by atoms with Crippen molar-refractivity contribution >= 4 is 34.7 Å². The van der Waals surface area contributed by atoms with Gasteiger partial charge in [-0.25, -0.2) is 14.6 Å². The van der Waals surface area contributed by atoms with Crippen molar-refractivity contribution in [1.29, 1.82) is 0 Å². The average molecular weight is 376 g/mol. The first-order chi connectivity index (χ1) is 12.9. The molecule has 0 unspecified atom stereocenters. The Morgan fingerprint density at radius 1 is 0.769 bits per heavy atom. The number of thioether (sulfide) groups is 1. The van der Waals surface area contributed by atoms with E-state index in [0.717, 1.165) is 37.8 Å². The summed E-state index contributed by atoms with van der Waals surface area (Å²) in [6, 6.07) is 0.716. The van der Waals surface area contributed by atoms with Gasteiger partial charge in [0.05, 0.1) is 0 Å². The summed E-state index contributed by atoms with van der Waals surface area (Å²) in [6.45, 7) is 6.62. The minimum Gasteiger partial charge on any atom is -0.353 e. The molecule has 9 heteroatoms. The van der Waals surface area contributed by atoms with E-state index in [1.165, 1.54) is 50.3 Å². The zero-order valence-electron chi connectivity index (χ0n) is 15.0. The van der Waals surface area contributed by atoms with Crippen LogP contribution in [0.1, 0.15) is 25.7 Å². The van der Waals surface area contributed by atoms with Crippen molar-refractivity contribution in [3.05, 3.63) is 0 Å². The fraction of sp³-hybridized carbons (Fsp3) is 0.765. The number of rotatable bonds is 3. The molecule has 0 bridgehead atoms. The summed E-state index contributed by atoms with van der Waals surface area (Å²) in [5.41, 5.74) is 1.02. The Morgan fingerprint density at radius 2 is 1.35 bits per heavy atom.